The van der Waals surface area contributed by atoms with E-state index >= 15 is 0 Å². The Morgan fingerprint density at radius 2 is 2.11 bits per heavy atom. The first kappa shape index (κ1) is 11.7. The van der Waals surface area contributed by atoms with E-state index in [4.69, 9.17) is 4.42 Å². The lowest BCUT2D eigenvalue weighted by molar-refractivity contribution is 0.0698. The lowest BCUT2D eigenvalue weighted by atomic mass is 10.1. The Bertz CT molecular complexity index is 787. The van der Waals surface area contributed by atoms with Crippen LogP contribution in [-0.4, -0.2) is 16.1 Å². The molecule has 1 N–H and O–H groups in total. The van der Waals surface area contributed by atoms with Crippen LogP contribution in [0.5, 0.6) is 0 Å². The van der Waals surface area contributed by atoms with Crippen molar-refractivity contribution in [2.24, 2.45) is 0 Å². The lowest BCUT2D eigenvalue weighted by Gasteiger charge is -2.02. The molecule has 0 aliphatic heterocycles. The van der Waals surface area contributed by atoms with Crippen LogP contribution in [0.15, 0.2) is 34.9 Å². The van der Waals surface area contributed by atoms with E-state index in [0.717, 1.165) is 16.5 Å². The van der Waals surface area contributed by atoms with Crippen LogP contribution in [0.25, 0.3) is 21.9 Å². The smallest absolute Gasteiger partial charge is 0.339 e. The summed E-state index contributed by atoms with van der Waals surface area (Å²) < 4.78 is 5.71. The van der Waals surface area contributed by atoms with Crippen molar-refractivity contribution >= 4 is 27.9 Å². The average molecular weight is 255 g/mol. The molecule has 0 atom stereocenters. The van der Waals surface area contributed by atoms with Crippen LogP contribution in [0.1, 0.15) is 35.8 Å². The van der Waals surface area contributed by atoms with Gasteiger partial charge in [0.2, 0.25) is 0 Å². The van der Waals surface area contributed by atoms with Crippen LogP contribution in [-0.2, 0) is 0 Å². The summed E-state index contributed by atoms with van der Waals surface area (Å²) in [6.07, 6.45) is 1.75. The molecule has 0 saturated carbocycles. The van der Waals surface area contributed by atoms with E-state index in [2.05, 4.69) is 18.8 Å². The Labute approximate surface area is 109 Å². The number of carboxylic acids is 1. The van der Waals surface area contributed by atoms with Gasteiger partial charge in [-0.3, -0.25) is 4.98 Å². The third-order valence-corrected chi connectivity index (χ3v) is 3.23. The van der Waals surface area contributed by atoms with Gasteiger partial charge in [-0.25, -0.2) is 4.79 Å². The summed E-state index contributed by atoms with van der Waals surface area (Å²) in [7, 11) is 0. The molecule has 2 heterocycles. The number of carboxylic acid groups (broad SMARTS) is 1. The van der Waals surface area contributed by atoms with Crippen molar-refractivity contribution in [2.45, 2.75) is 19.8 Å². The zero-order valence-electron chi connectivity index (χ0n) is 10.7. The normalized spacial score (nSPS) is 11.5. The number of furan rings is 1. The van der Waals surface area contributed by atoms with E-state index < -0.39 is 5.97 Å². The van der Waals surface area contributed by atoms with Crippen molar-refractivity contribution < 1.29 is 14.3 Å². The summed E-state index contributed by atoms with van der Waals surface area (Å²) in [5, 5.41) is 10.8. The fraction of sp³-hybridized carbons (Fsp3) is 0.200. The summed E-state index contributed by atoms with van der Waals surface area (Å²) >= 11 is 0. The molecular formula is C15H13NO3. The van der Waals surface area contributed by atoms with Gasteiger partial charge in [0.15, 0.2) is 0 Å². The zero-order valence-corrected chi connectivity index (χ0v) is 10.7. The standard InChI is InChI=1S/C15H13NO3/c1-8(2)12-6-13-11(7-16-12)9-4-3-5-10(15(17)18)14(9)19-13/h3-8H,1-2H3,(H,17,18). The molecule has 3 rings (SSSR count). The number of aromatic nitrogens is 1. The Balaban J connectivity index is 2.38. The average Bonchev–Trinajstić information content (AvgIpc) is 2.75. The Kier molecular flexibility index (Phi) is 2.52. The van der Waals surface area contributed by atoms with Gasteiger partial charge >= 0.3 is 5.97 Å². The summed E-state index contributed by atoms with van der Waals surface area (Å²) in [6.45, 7) is 4.11. The van der Waals surface area contributed by atoms with E-state index in [1.54, 1.807) is 18.3 Å². The number of rotatable bonds is 2. The van der Waals surface area contributed by atoms with Crippen molar-refractivity contribution in [3.63, 3.8) is 0 Å². The van der Waals surface area contributed by atoms with Gasteiger partial charge < -0.3 is 9.52 Å². The fourth-order valence-electron chi connectivity index (χ4n) is 2.19. The van der Waals surface area contributed by atoms with E-state index in [1.165, 1.54) is 0 Å². The first-order chi connectivity index (χ1) is 9.08. The topological polar surface area (TPSA) is 63.3 Å². The minimum absolute atomic E-state index is 0.180. The lowest BCUT2D eigenvalue weighted by Crippen LogP contribution is -1.95. The second kappa shape index (κ2) is 4.09. The van der Waals surface area contributed by atoms with Gasteiger partial charge in [-0.1, -0.05) is 26.0 Å². The first-order valence-corrected chi connectivity index (χ1v) is 6.12. The number of carbonyl (C=O) groups is 1. The van der Waals surface area contributed by atoms with E-state index in [9.17, 15) is 9.90 Å². The predicted octanol–water partition coefficient (Wildman–Crippen LogP) is 3.80. The predicted molar refractivity (Wildman–Crippen MR) is 72.6 cm³/mol. The molecule has 19 heavy (non-hydrogen) atoms. The van der Waals surface area contributed by atoms with E-state index in [0.29, 0.717) is 17.1 Å². The number of nitrogens with zero attached hydrogens (tertiary/aromatic N) is 1. The highest BCUT2D eigenvalue weighted by molar-refractivity contribution is 6.11. The molecule has 0 amide bonds. The maximum Gasteiger partial charge on any atom is 0.339 e. The number of aromatic carboxylic acids is 1. The molecule has 0 unspecified atom stereocenters. The second-order valence-corrected chi connectivity index (χ2v) is 4.85. The van der Waals surface area contributed by atoms with Crippen molar-refractivity contribution in [3.8, 4) is 0 Å². The molecule has 2 aromatic heterocycles. The number of hydrogen-bond acceptors (Lipinski definition) is 3. The fourth-order valence-corrected chi connectivity index (χ4v) is 2.19. The van der Waals surface area contributed by atoms with Crippen LogP contribution < -0.4 is 0 Å². The summed E-state index contributed by atoms with van der Waals surface area (Å²) in [6, 6.07) is 7.00. The zero-order chi connectivity index (χ0) is 13.6. The molecule has 0 aliphatic carbocycles. The maximum absolute atomic E-state index is 11.2. The van der Waals surface area contributed by atoms with Crippen LogP contribution in [0.4, 0.5) is 0 Å². The molecule has 0 radical (unpaired) electrons. The number of fused-ring (bicyclic) bond motifs is 3. The second-order valence-electron chi connectivity index (χ2n) is 4.85. The Morgan fingerprint density at radius 1 is 1.32 bits per heavy atom. The van der Waals surface area contributed by atoms with Gasteiger partial charge in [-0.05, 0) is 12.0 Å². The van der Waals surface area contributed by atoms with Crippen molar-refractivity contribution in [1.82, 2.24) is 4.98 Å². The highest BCUT2D eigenvalue weighted by Gasteiger charge is 2.15. The number of benzene rings is 1. The molecular weight excluding hydrogens is 242 g/mol. The molecule has 1 aromatic carbocycles. The third kappa shape index (κ3) is 1.76. The van der Waals surface area contributed by atoms with Crippen molar-refractivity contribution in [2.75, 3.05) is 0 Å². The van der Waals surface area contributed by atoms with Gasteiger partial charge in [0.25, 0.3) is 0 Å². The highest BCUT2D eigenvalue weighted by Crippen LogP contribution is 2.31. The van der Waals surface area contributed by atoms with Gasteiger partial charge in [-0.15, -0.1) is 0 Å². The van der Waals surface area contributed by atoms with Crippen molar-refractivity contribution in [1.29, 1.82) is 0 Å². The largest absolute Gasteiger partial charge is 0.478 e. The Hall–Kier alpha value is -2.36. The SMILES string of the molecule is CC(C)c1cc2oc3c(C(=O)O)cccc3c2cn1. The molecule has 96 valence electrons. The van der Waals surface area contributed by atoms with Gasteiger partial charge in [0.1, 0.15) is 16.7 Å². The number of para-hydroxylation sites is 1. The van der Waals surface area contributed by atoms with Crippen LogP contribution in [0.2, 0.25) is 0 Å². The van der Waals surface area contributed by atoms with E-state index in [-0.39, 0.29) is 5.56 Å². The van der Waals surface area contributed by atoms with Gasteiger partial charge in [0, 0.05) is 28.7 Å². The summed E-state index contributed by atoms with van der Waals surface area (Å²) in [4.78, 5) is 15.6. The minimum atomic E-state index is -0.985. The molecule has 0 saturated heterocycles. The summed E-state index contributed by atoms with van der Waals surface area (Å²) in [5.74, 6) is -0.682. The van der Waals surface area contributed by atoms with Crippen molar-refractivity contribution in [3.05, 3.63) is 41.7 Å². The van der Waals surface area contributed by atoms with Crippen LogP contribution in [0, 0.1) is 0 Å². The molecule has 0 fully saturated rings. The van der Waals surface area contributed by atoms with Gasteiger partial charge in [-0.2, -0.15) is 0 Å². The van der Waals surface area contributed by atoms with Gasteiger partial charge in [0.05, 0.1) is 0 Å². The molecule has 0 aliphatic rings. The first-order valence-electron chi connectivity index (χ1n) is 6.12. The number of hydrogen-bond donors (Lipinski definition) is 1. The van der Waals surface area contributed by atoms with Crippen LogP contribution in [0.3, 0.4) is 0 Å². The van der Waals surface area contributed by atoms with Crippen LogP contribution >= 0.6 is 0 Å². The van der Waals surface area contributed by atoms with E-state index in [1.807, 2.05) is 12.1 Å². The summed E-state index contributed by atoms with van der Waals surface area (Å²) in [5.41, 5.74) is 2.21. The molecule has 4 nitrogen and oxygen atoms in total. The maximum atomic E-state index is 11.2. The Morgan fingerprint density at radius 3 is 2.79 bits per heavy atom. The minimum Gasteiger partial charge on any atom is -0.478 e. The molecule has 0 bridgehead atoms. The molecule has 4 heteroatoms. The highest BCUT2D eigenvalue weighted by atomic mass is 16.4. The molecule has 3 aromatic rings. The quantitative estimate of drug-likeness (QED) is 0.756. The number of pyridine rings is 1. The third-order valence-electron chi connectivity index (χ3n) is 3.23. The molecule has 0 spiro atoms. The monoisotopic (exact) mass is 255 g/mol.